The number of hydrogen-bond donors (Lipinski definition) is 1. The van der Waals surface area contributed by atoms with Gasteiger partial charge in [-0.3, -0.25) is 9.59 Å². The molecule has 1 aliphatic rings. The van der Waals surface area contributed by atoms with Gasteiger partial charge in [0.1, 0.15) is 0 Å². The lowest BCUT2D eigenvalue weighted by atomic mass is 9.90. The Kier molecular flexibility index (Phi) is 6.16. The lowest BCUT2D eigenvalue weighted by Gasteiger charge is -2.36. The minimum atomic E-state index is -0.147. The second-order valence-electron chi connectivity index (χ2n) is 6.39. The van der Waals surface area contributed by atoms with Gasteiger partial charge in [-0.05, 0) is 44.6 Å². The normalized spacial score (nSPS) is 17.0. The fourth-order valence-corrected chi connectivity index (χ4v) is 3.12. The fraction of sp³-hybridized carbons (Fsp3) is 0.556. The maximum Gasteiger partial charge on any atom is 0.222 e. The number of amides is 2. The molecule has 0 bridgehead atoms. The summed E-state index contributed by atoms with van der Waals surface area (Å²) in [7, 11) is 4.04. The van der Waals surface area contributed by atoms with Crippen LogP contribution in [0.5, 0.6) is 0 Å². The van der Waals surface area contributed by atoms with E-state index in [1.807, 2.05) is 37.2 Å². The fourth-order valence-electron chi connectivity index (χ4n) is 3.12. The molecule has 5 heteroatoms. The molecule has 23 heavy (non-hydrogen) atoms. The first-order chi connectivity index (χ1) is 11.0. The number of benzene rings is 1. The van der Waals surface area contributed by atoms with E-state index < -0.39 is 0 Å². The monoisotopic (exact) mass is 317 g/mol. The molecule has 126 valence electrons. The van der Waals surface area contributed by atoms with E-state index in [0.717, 1.165) is 24.9 Å². The van der Waals surface area contributed by atoms with Crippen LogP contribution in [0, 0.1) is 0 Å². The molecule has 2 rings (SSSR count). The molecule has 0 fully saturated rings. The molecule has 0 aliphatic carbocycles. The van der Waals surface area contributed by atoms with E-state index in [1.54, 1.807) is 6.92 Å². The van der Waals surface area contributed by atoms with Gasteiger partial charge in [0.2, 0.25) is 11.8 Å². The SMILES string of the molecule is CC(=O)N1CCc2ccccc2[C@H]1CC(=O)NCCCN(C)C. The van der Waals surface area contributed by atoms with E-state index >= 15 is 0 Å². The van der Waals surface area contributed by atoms with Gasteiger partial charge in [0.25, 0.3) is 0 Å². The molecule has 1 N–H and O–H groups in total. The van der Waals surface area contributed by atoms with Gasteiger partial charge in [-0.25, -0.2) is 0 Å². The minimum Gasteiger partial charge on any atom is -0.356 e. The van der Waals surface area contributed by atoms with Gasteiger partial charge in [-0.2, -0.15) is 0 Å². The van der Waals surface area contributed by atoms with Crippen molar-refractivity contribution in [2.24, 2.45) is 0 Å². The number of hydrogen-bond acceptors (Lipinski definition) is 3. The number of fused-ring (bicyclic) bond motifs is 1. The maximum atomic E-state index is 12.3. The Labute approximate surface area is 138 Å². The third-order valence-electron chi connectivity index (χ3n) is 4.30. The summed E-state index contributed by atoms with van der Waals surface area (Å²) in [5.41, 5.74) is 2.35. The number of nitrogens with one attached hydrogen (secondary N) is 1. The zero-order chi connectivity index (χ0) is 16.8. The molecule has 0 aromatic heterocycles. The highest BCUT2D eigenvalue weighted by Crippen LogP contribution is 2.32. The first kappa shape index (κ1) is 17.5. The third-order valence-corrected chi connectivity index (χ3v) is 4.30. The summed E-state index contributed by atoms with van der Waals surface area (Å²) in [5, 5.41) is 2.97. The van der Waals surface area contributed by atoms with E-state index in [2.05, 4.69) is 16.3 Å². The summed E-state index contributed by atoms with van der Waals surface area (Å²) < 4.78 is 0. The molecule has 0 spiro atoms. The molecule has 0 radical (unpaired) electrons. The maximum absolute atomic E-state index is 12.3. The number of carbonyl (C=O) groups is 2. The van der Waals surface area contributed by atoms with Crippen LogP contribution in [0.3, 0.4) is 0 Å². The molecule has 2 amide bonds. The molecule has 0 unspecified atom stereocenters. The van der Waals surface area contributed by atoms with Gasteiger partial charge >= 0.3 is 0 Å². The molecule has 1 aromatic carbocycles. The van der Waals surface area contributed by atoms with E-state index in [1.165, 1.54) is 5.56 Å². The van der Waals surface area contributed by atoms with Crippen LogP contribution in [0.2, 0.25) is 0 Å². The number of carbonyl (C=O) groups excluding carboxylic acids is 2. The molecular weight excluding hydrogens is 290 g/mol. The van der Waals surface area contributed by atoms with E-state index in [9.17, 15) is 9.59 Å². The Hall–Kier alpha value is -1.88. The van der Waals surface area contributed by atoms with E-state index in [4.69, 9.17) is 0 Å². The second-order valence-corrected chi connectivity index (χ2v) is 6.39. The van der Waals surface area contributed by atoms with Crippen molar-refractivity contribution < 1.29 is 9.59 Å². The smallest absolute Gasteiger partial charge is 0.222 e. The number of nitrogens with zero attached hydrogens (tertiary/aromatic N) is 2. The van der Waals surface area contributed by atoms with Crippen LogP contribution in [0.1, 0.15) is 36.9 Å². The summed E-state index contributed by atoms with van der Waals surface area (Å²) >= 11 is 0. The van der Waals surface area contributed by atoms with Crippen molar-refractivity contribution in [2.45, 2.75) is 32.2 Å². The predicted octanol–water partition coefficient (Wildman–Crippen LogP) is 1.59. The lowest BCUT2D eigenvalue weighted by Crippen LogP contribution is -2.41. The summed E-state index contributed by atoms with van der Waals surface area (Å²) in [6.45, 7) is 3.89. The molecule has 1 heterocycles. The standard InChI is InChI=1S/C18H27N3O2/c1-14(22)21-12-9-15-7-4-5-8-16(15)17(21)13-18(23)19-10-6-11-20(2)3/h4-5,7-8,17H,6,9-13H2,1-3H3,(H,19,23)/t17-/m1/s1. The van der Waals surface area contributed by atoms with Crippen molar-refractivity contribution in [1.29, 1.82) is 0 Å². The van der Waals surface area contributed by atoms with E-state index in [0.29, 0.717) is 19.5 Å². The zero-order valence-corrected chi connectivity index (χ0v) is 14.3. The average molecular weight is 317 g/mol. The van der Waals surface area contributed by atoms with Crippen LogP contribution < -0.4 is 5.32 Å². The average Bonchev–Trinajstić information content (AvgIpc) is 2.51. The van der Waals surface area contributed by atoms with Gasteiger partial charge in [0.15, 0.2) is 0 Å². The topological polar surface area (TPSA) is 52.7 Å². The predicted molar refractivity (Wildman–Crippen MR) is 91.1 cm³/mol. The zero-order valence-electron chi connectivity index (χ0n) is 14.3. The van der Waals surface area contributed by atoms with Crippen LogP contribution in [0.25, 0.3) is 0 Å². The Balaban J connectivity index is 2.00. The highest BCUT2D eigenvalue weighted by molar-refractivity contribution is 5.79. The van der Waals surface area contributed by atoms with Gasteiger partial charge in [0, 0.05) is 20.0 Å². The second kappa shape index (κ2) is 8.11. The Morgan fingerprint density at radius 3 is 2.74 bits per heavy atom. The largest absolute Gasteiger partial charge is 0.356 e. The van der Waals surface area contributed by atoms with Crippen molar-refractivity contribution in [3.05, 3.63) is 35.4 Å². The lowest BCUT2D eigenvalue weighted by molar-refractivity contribution is -0.133. The molecule has 1 aromatic rings. The van der Waals surface area contributed by atoms with Crippen molar-refractivity contribution in [2.75, 3.05) is 33.7 Å². The first-order valence-corrected chi connectivity index (χ1v) is 8.25. The van der Waals surface area contributed by atoms with Crippen molar-refractivity contribution in [3.63, 3.8) is 0 Å². The van der Waals surface area contributed by atoms with Gasteiger partial charge < -0.3 is 15.1 Å². The van der Waals surface area contributed by atoms with Crippen LogP contribution >= 0.6 is 0 Å². The van der Waals surface area contributed by atoms with Gasteiger partial charge in [-0.15, -0.1) is 0 Å². The summed E-state index contributed by atoms with van der Waals surface area (Å²) in [4.78, 5) is 28.1. The van der Waals surface area contributed by atoms with Gasteiger partial charge in [-0.1, -0.05) is 24.3 Å². The Morgan fingerprint density at radius 1 is 1.30 bits per heavy atom. The summed E-state index contributed by atoms with van der Waals surface area (Å²) in [5.74, 6) is 0.0432. The van der Waals surface area contributed by atoms with Crippen LogP contribution in [-0.2, 0) is 16.0 Å². The first-order valence-electron chi connectivity index (χ1n) is 8.25. The highest BCUT2D eigenvalue weighted by Gasteiger charge is 2.30. The Bertz CT molecular complexity index is 557. The quantitative estimate of drug-likeness (QED) is 0.811. The van der Waals surface area contributed by atoms with Crippen molar-refractivity contribution in [3.8, 4) is 0 Å². The molecule has 5 nitrogen and oxygen atoms in total. The van der Waals surface area contributed by atoms with E-state index in [-0.39, 0.29) is 17.9 Å². The third kappa shape index (κ3) is 4.79. The molecule has 1 aliphatic heterocycles. The van der Waals surface area contributed by atoms with Crippen LogP contribution in [-0.4, -0.2) is 55.3 Å². The molecule has 0 saturated heterocycles. The summed E-state index contributed by atoms with van der Waals surface area (Å²) in [6.07, 6.45) is 2.12. The van der Waals surface area contributed by atoms with Gasteiger partial charge in [0.05, 0.1) is 12.5 Å². The minimum absolute atomic E-state index is 0.0108. The summed E-state index contributed by atoms with van der Waals surface area (Å²) in [6, 6.07) is 7.97. The molecular formula is C18H27N3O2. The number of rotatable bonds is 6. The van der Waals surface area contributed by atoms with Crippen LogP contribution in [0.15, 0.2) is 24.3 Å². The van der Waals surface area contributed by atoms with Crippen LogP contribution in [0.4, 0.5) is 0 Å². The molecule has 0 saturated carbocycles. The molecule has 1 atom stereocenters. The highest BCUT2D eigenvalue weighted by atomic mass is 16.2. The van der Waals surface area contributed by atoms with Crippen molar-refractivity contribution >= 4 is 11.8 Å². The van der Waals surface area contributed by atoms with Crippen molar-refractivity contribution in [1.82, 2.24) is 15.1 Å². The Morgan fingerprint density at radius 2 is 2.04 bits per heavy atom.